The number of thioether (sulfide) groups is 1. The Bertz CT molecular complexity index is 327. The van der Waals surface area contributed by atoms with Crippen molar-refractivity contribution < 1.29 is 4.74 Å². The van der Waals surface area contributed by atoms with Gasteiger partial charge in [-0.3, -0.25) is 0 Å². The molecule has 0 aliphatic heterocycles. The molecule has 0 heterocycles. The van der Waals surface area contributed by atoms with E-state index in [9.17, 15) is 0 Å². The Morgan fingerprint density at radius 1 is 1.28 bits per heavy atom. The lowest BCUT2D eigenvalue weighted by Gasteiger charge is -2.17. The Morgan fingerprint density at radius 2 is 1.94 bits per heavy atom. The Labute approximate surface area is 115 Å². The third-order valence-corrected chi connectivity index (χ3v) is 3.87. The van der Waals surface area contributed by atoms with Gasteiger partial charge in [-0.1, -0.05) is 12.1 Å². The van der Waals surface area contributed by atoms with Crippen molar-refractivity contribution in [3.63, 3.8) is 0 Å². The molecule has 0 saturated heterocycles. The molecule has 0 aliphatic rings. The van der Waals surface area contributed by atoms with Crippen LogP contribution in [0.25, 0.3) is 0 Å². The second-order valence-corrected chi connectivity index (χ2v) is 5.64. The lowest BCUT2D eigenvalue weighted by atomic mass is 10.1. The van der Waals surface area contributed by atoms with Crippen LogP contribution >= 0.6 is 11.8 Å². The molecule has 0 aliphatic carbocycles. The molecule has 1 unspecified atom stereocenters. The zero-order valence-corrected chi connectivity index (χ0v) is 12.6. The Balaban J connectivity index is 2.44. The summed E-state index contributed by atoms with van der Waals surface area (Å²) in [5, 5.41) is 3.37. The fraction of sp³-hybridized carbons (Fsp3) is 0.571. The average molecular weight is 268 g/mol. The summed E-state index contributed by atoms with van der Waals surface area (Å²) in [6, 6.07) is 8.70. The summed E-state index contributed by atoms with van der Waals surface area (Å²) < 4.78 is 5.18. The van der Waals surface area contributed by atoms with E-state index in [1.165, 1.54) is 11.3 Å². The van der Waals surface area contributed by atoms with Crippen LogP contribution in [-0.4, -0.2) is 51.2 Å². The molecule has 0 radical (unpaired) electrons. The van der Waals surface area contributed by atoms with Crippen molar-refractivity contribution in [3.05, 3.63) is 29.8 Å². The predicted octanol–water partition coefficient (Wildman–Crippen LogP) is 2.25. The van der Waals surface area contributed by atoms with Crippen LogP contribution in [-0.2, 0) is 0 Å². The van der Waals surface area contributed by atoms with E-state index < -0.39 is 0 Å². The molecule has 0 saturated carbocycles. The van der Waals surface area contributed by atoms with E-state index in [4.69, 9.17) is 4.74 Å². The first kappa shape index (κ1) is 15.3. The normalized spacial score (nSPS) is 12.7. The molecule has 1 rings (SSSR count). The SMILES string of the molecule is CNC(CSCCN(C)C)c1ccc(OC)cc1. The highest BCUT2D eigenvalue weighted by Gasteiger charge is 2.09. The van der Waals surface area contributed by atoms with Crippen molar-refractivity contribution in [2.24, 2.45) is 0 Å². The van der Waals surface area contributed by atoms with Crippen LogP contribution in [0.1, 0.15) is 11.6 Å². The molecule has 0 fully saturated rings. The predicted molar refractivity (Wildman–Crippen MR) is 80.7 cm³/mol. The van der Waals surface area contributed by atoms with E-state index in [1.807, 2.05) is 30.9 Å². The third-order valence-electron chi connectivity index (χ3n) is 2.83. The number of nitrogens with one attached hydrogen (secondary N) is 1. The molecule has 102 valence electrons. The summed E-state index contributed by atoms with van der Waals surface area (Å²) in [6.45, 7) is 1.13. The van der Waals surface area contributed by atoms with Crippen LogP contribution < -0.4 is 10.1 Å². The van der Waals surface area contributed by atoms with Gasteiger partial charge in [0, 0.05) is 24.1 Å². The highest BCUT2D eigenvalue weighted by Crippen LogP contribution is 2.20. The van der Waals surface area contributed by atoms with Gasteiger partial charge >= 0.3 is 0 Å². The van der Waals surface area contributed by atoms with E-state index >= 15 is 0 Å². The molecule has 1 N–H and O–H groups in total. The van der Waals surface area contributed by atoms with Gasteiger partial charge in [0.1, 0.15) is 5.75 Å². The zero-order chi connectivity index (χ0) is 13.4. The van der Waals surface area contributed by atoms with Crippen LogP contribution in [0.4, 0.5) is 0 Å². The van der Waals surface area contributed by atoms with Gasteiger partial charge in [-0.05, 0) is 38.8 Å². The van der Waals surface area contributed by atoms with Crippen LogP contribution in [0.5, 0.6) is 5.75 Å². The maximum atomic E-state index is 5.18. The minimum absolute atomic E-state index is 0.406. The Hall–Kier alpha value is -0.710. The summed E-state index contributed by atoms with van der Waals surface area (Å²) in [5.41, 5.74) is 1.32. The first-order valence-corrected chi connectivity index (χ1v) is 7.36. The summed E-state index contributed by atoms with van der Waals surface area (Å²) in [4.78, 5) is 2.22. The van der Waals surface area contributed by atoms with Crippen LogP contribution in [0.2, 0.25) is 0 Å². The number of nitrogens with zero attached hydrogens (tertiary/aromatic N) is 1. The molecule has 4 heteroatoms. The molecule has 3 nitrogen and oxygen atoms in total. The molecule has 18 heavy (non-hydrogen) atoms. The first-order valence-electron chi connectivity index (χ1n) is 6.21. The molecule has 0 bridgehead atoms. The van der Waals surface area contributed by atoms with Gasteiger partial charge in [-0.2, -0.15) is 11.8 Å². The van der Waals surface area contributed by atoms with Crippen molar-refractivity contribution in [3.8, 4) is 5.75 Å². The monoisotopic (exact) mass is 268 g/mol. The van der Waals surface area contributed by atoms with Gasteiger partial charge in [0.15, 0.2) is 0 Å². The van der Waals surface area contributed by atoms with Crippen molar-refractivity contribution in [1.82, 2.24) is 10.2 Å². The van der Waals surface area contributed by atoms with E-state index in [2.05, 4.69) is 36.4 Å². The van der Waals surface area contributed by atoms with Gasteiger partial charge in [-0.25, -0.2) is 0 Å². The topological polar surface area (TPSA) is 24.5 Å². The van der Waals surface area contributed by atoms with Gasteiger partial charge < -0.3 is 15.0 Å². The summed E-state index contributed by atoms with van der Waals surface area (Å²) in [7, 11) is 7.93. The number of ether oxygens (including phenoxy) is 1. The largest absolute Gasteiger partial charge is 0.497 e. The number of methoxy groups -OCH3 is 1. The lowest BCUT2D eigenvalue weighted by Crippen LogP contribution is -2.20. The first-order chi connectivity index (χ1) is 8.67. The fourth-order valence-electron chi connectivity index (χ4n) is 1.63. The van der Waals surface area contributed by atoms with Gasteiger partial charge in [0.25, 0.3) is 0 Å². The number of hydrogen-bond donors (Lipinski definition) is 1. The Kier molecular flexibility index (Phi) is 7.16. The van der Waals surface area contributed by atoms with Crippen molar-refractivity contribution in [1.29, 1.82) is 0 Å². The van der Waals surface area contributed by atoms with Crippen molar-refractivity contribution >= 4 is 11.8 Å². The average Bonchev–Trinajstić information content (AvgIpc) is 2.39. The van der Waals surface area contributed by atoms with Crippen LogP contribution in [0.3, 0.4) is 0 Å². The van der Waals surface area contributed by atoms with E-state index in [-0.39, 0.29) is 0 Å². The van der Waals surface area contributed by atoms with E-state index in [0.29, 0.717) is 6.04 Å². The molecular weight excluding hydrogens is 244 g/mol. The molecule has 0 spiro atoms. The van der Waals surface area contributed by atoms with Crippen LogP contribution in [0.15, 0.2) is 24.3 Å². The van der Waals surface area contributed by atoms with Gasteiger partial charge in [-0.15, -0.1) is 0 Å². The van der Waals surface area contributed by atoms with E-state index in [1.54, 1.807) is 7.11 Å². The third kappa shape index (κ3) is 5.29. The summed E-state index contributed by atoms with van der Waals surface area (Å²) in [6.07, 6.45) is 0. The smallest absolute Gasteiger partial charge is 0.118 e. The number of benzene rings is 1. The van der Waals surface area contributed by atoms with Gasteiger partial charge in [0.05, 0.1) is 7.11 Å². The maximum absolute atomic E-state index is 5.18. The number of rotatable bonds is 8. The second kappa shape index (κ2) is 8.40. The quantitative estimate of drug-likeness (QED) is 0.731. The second-order valence-electron chi connectivity index (χ2n) is 4.49. The highest BCUT2D eigenvalue weighted by atomic mass is 32.2. The van der Waals surface area contributed by atoms with Crippen molar-refractivity contribution in [2.75, 3.05) is 46.3 Å². The lowest BCUT2D eigenvalue weighted by molar-refractivity contribution is 0.414. The Morgan fingerprint density at radius 3 is 2.44 bits per heavy atom. The number of hydrogen-bond acceptors (Lipinski definition) is 4. The molecule has 1 aromatic carbocycles. The molecule has 1 atom stereocenters. The van der Waals surface area contributed by atoms with Gasteiger partial charge in [0.2, 0.25) is 0 Å². The fourth-order valence-corrected chi connectivity index (χ4v) is 2.89. The molecule has 1 aromatic rings. The zero-order valence-electron chi connectivity index (χ0n) is 11.8. The van der Waals surface area contributed by atoms with Crippen molar-refractivity contribution in [2.45, 2.75) is 6.04 Å². The molecule has 0 aromatic heterocycles. The minimum Gasteiger partial charge on any atom is -0.497 e. The molecule has 0 amide bonds. The summed E-state index contributed by atoms with van der Waals surface area (Å²) in [5.74, 6) is 3.17. The van der Waals surface area contributed by atoms with Crippen LogP contribution in [0, 0.1) is 0 Å². The minimum atomic E-state index is 0.406. The van der Waals surface area contributed by atoms with E-state index in [0.717, 1.165) is 18.0 Å². The molecular formula is C14H24N2OS. The highest BCUT2D eigenvalue weighted by molar-refractivity contribution is 7.99. The summed E-state index contributed by atoms with van der Waals surface area (Å²) >= 11 is 1.98. The maximum Gasteiger partial charge on any atom is 0.118 e. The standard InChI is InChI=1S/C14H24N2OS/c1-15-14(11-18-10-9-16(2)3)12-5-7-13(17-4)8-6-12/h5-8,14-15H,9-11H2,1-4H3.